The van der Waals surface area contributed by atoms with Crippen LogP contribution in [0, 0.1) is 0 Å². The largest absolute Gasteiger partial charge is 0.310 e. The smallest absolute Gasteiger partial charge is 0.289 e. The molecule has 1 aromatic carbocycles. The third-order valence-corrected chi connectivity index (χ3v) is 4.05. The highest BCUT2D eigenvalue weighted by Crippen LogP contribution is 2.35. The quantitative estimate of drug-likeness (QED) is 0.641. The summed E-state index contributed by atoms with van der Waals surface area (Å²) in [7, 11) is -1.93. The third kappa shape index (κ3) is 0.963. The molecule has 1 aromatic heterocycles. The lowest BCUT2D eigenvalue weighted by Gasteiger charge is -2.24. The van der Waals surface area contributed by atoms with Crippen LogP contribution in [0.2, 0.25) is 0 Å². The molecular weight excluding hydrogens is 230 g/mol. The molecule has 16 heavy (non-hydrogen) atoms. The molecule has 2 aromatic rings. The summed E-state index contributed by atoms with van der Waals surface area (Å²) in [4.78, 5) is 1.84. The molecule has 0 bridgehead atoms. The highest BCUT2D eigenvalue weighted by atomic mass is 32.2. The minimum Gasteiger partial charge on any atom is -0.310 e. The molecule has 0 N–H and O–H groups in total. The molecule has 0 aliphatic carbocycles. The van der Waals surface area contributed by atoms with Gasteiger partial charge in [0.15, 0.2) is 0 Å². The van der Waals surface area contributed by atoms with Crippen LogP contribution >= 0.6 is 0 Å². The van der Waals surface area contributed by atoms with Gasteiger partial charge in [0, 0.05) is 7.05 Å². The normalized spacial score (nSPS) is 16.7. The third-order valence-electron chi connectivity index (χ3n) is 2.46. The highest BCUT2D eigenvalue weighted by molar-refractivity contribution is 7.90. The van der Waals surface area contributed by atoms with Gasteiger partial charge in [0.25, 0.3) is 16.0 Å². The Morgan fingerprint density at radius 3 is 2.81 bits per heavy atom. The van der Waals surface area contributed by atoms with Crippen molar-refractivity contribution in [3.05, 3.63) is 24.3 Å². The van der Waals surface area contributed by atoms with E-state index in [2.05, 4.69) is 15.5 Å². The number of fused-ring (bicyclic) bond motifs is 2. The number of hydrogen-bond donors (Lipinski definition) is 0. The number of aromatic nitrogens is 4. The second-order valence-electron chi connectivity index (χ2n) is 3.35. The van der Waals surface area contributed by atoms with Crippen LogP contribution in [-0.2, 0) is 10.0 Å². The maximum atomic E-state index is 12.1. The van der Waals surface area contributed by atoms with Crippen LogP contribution in [0.25, 0.3) is 0 Å². The van der Waals surface area contributed by atoms with Crippen molar-refractivity contribution in [2.24, 2.45) is 0 Å². The second-order valence-corrected chi connectivity index (χ2v) is 5.09. The molecule has 0 atom stereocenters. The van der Waals surface area contributed by atoms with Gasteiger partial charge in [-0.3, -0.25) is 0 Å². The van der Waals surface area contributed by atoms with E-state index in [0.29, 0.717) is 5.69 Å². The SMILES string of the molecule is CN1c2ccccc2S(=O)(=O)n2nnnc21. The molecule has 7 nitrogen and oxygen atoms in total. The fraction of sp³-hybridized carbons (Fsp3) is 0.125. The van der Waals surface area contributed by atoms with Gasteiger partial charge < -0.3 is 4.90 Å². The molecule has 0 unspecified atom stereocenters. The average Bonchev–Trinajstić information content (AvgIpc) is 2.76. The summed E-state index contributed by atoms with van der Waals surface area (Å²) in [6.45, 7) is 0. The van der Waals surface area contributed by atoms with Crippen LogP contribution in [0.1, 0.15) is 0 Å². The van der Waals surface area contributed by atoms with Crippen molar-refractivity contribution in [2.75, 3.05) is 11.9 Å². The van der Waals surface area contributed by atoms with Crippen molar-refractivity contribution in [1.82, 2.24) is 19.6 Å². The van der Waals surface area contributed by atoms with E-state index < -0.39 is 10.0 Å². The number of tetrazole rings is 1. The first-order valence-electron chi connectivity index (χ1n) is 4.49. The summed E-state index contributed by atoms with van der Waals surface area (Å²) in [5.74, 6) is 0.193. The van der Waals surface area contributed by atoms with Crippen molar-refractivity contribution in [2.45, 2.75) is 4.90 Å². The minimum atomic E-state index is -3.65. The Bertz CT molecular complexity index is 663. The second kappa shape index (κ2) is 2.79. The average molecular weight is 237 g/mol. The number of rotatable bonds is 0. The zero-order valence-corrected chi connectivity index (χ0v) is 9.09. The first-order valence-corrected chi connectivity index (χ1v) is 5.93. The molecule has 8 heteroatoms. The zero-order valence-electron chi connectivity index (χ0n) is 8.27. The lowest BCUT2D eigenvalue weighted by atomic mass is 10.3. The van der Waals surface area contributed by atoms with Crippen LogP contribution in [0.4, 0.5) is 11.6 Å². The van der Waals surface area contributed by atoms with Gasteiger partial charge in [0.2, 0.25) is 0 Å². The molecule has 2 heterocycles. The summed E-state index contributed by atoms with van der Waals surface area (Å²) >= 11 is 0. The topological polar surface area (TPSA) is 81.0 Å². The van der Waals surface area contributed by atoms with Crippen molar-refractivity contribution in [3.63, 3.8) is 0 Å². The molecule has 1 aliphatic rings. The molecule has 0 saturated heterocycles. The van der Waals surface area contributed by atoms with Gasteiger partial charge in [-0.15, -0.1) is 0 Å². The molecule has 0 radical (unpaired) electrons. The fourth-order valence-electron chi connectivity index (χ4n) is 1.68. The van der Waals surface area contributed by atoms with Gasteiger partial charge >= 0.3 is 0 Å². The van der Waals surface area contributed by atoms with E-state index in [9.17, 15) is 8.42 Å². The van der Waals surface area contributed by atoms with Crippen LogP contribution in [0.15, 0.2) is 29.2 Å². The van der Waals surface area contributed by atoms with E-state index in [1.54, 1.807) is 30.1 Å². The molecule has 0 fully saturated rings. The van der Waals surface area contributed by atoms with E-state index in [1.807, 2.05) is 0 Å². The Balaban J connectivity index is 2.43. The van der Waals surface area contributed by atoms with Crippen molar-refractivity contribution in [3.8, 4) is 0 Å². The Labute approximate surface area is 91.4 Å². The first kappa shape index (κ1) is 9.28. The molecular formula is C8H7N5O2S. The first-order chi connectivity index (χ1) is 7.62. The highest BCUT2D eigenvalue weighted by Gasteiger charge is 2.34. The van der Waals surface area contributed by atoms with Gasteiger partial charge in [-0.25, -0.2) is 0 Å². The molecule has 0 spiro atoms. The van der Waals surface area contributed by atoms with Gasteiger partial charge in [-0.1, -0.05) is 21.3 Å². The number of benzene rings is 1. The van der Waals surface area contributed by atoms with Gasteiger partial charge in [0.05, 0.1) is 5.69 Å². The maximum absolute atomic E-state index is 12.1. The van der Waals surface area contributed by atoms with E-state index >= 15 is 0 Å². The van der Waals surface area contributed by atoms with Gasteiger partial charge in [0.1, 0.15) is 4.90 Å². The number of hydrogen-bond acceptors (Lipinski definition) is 6. The van der Waals surface area contributed by atoms with Crippen molar-refractivity contribution >= 4 is 21.7 Å². The van der Waals surface area contributed by atoms with Crippen LogP contribution in [-0.4, -0.2) is 35.1 Å². The van der Waals surface area contributed by atoms with E-state index in [-0.39, 0.29) is 10.8 Å². The summed E-state index contributed by atoms with van der Waals surface area (Å²) in [5, 5.41) is 10.5. The molecule has 3 rings (SSSR count). The molecule has 0 amide bonds. The monoisotopic (exact) mass is 237 g/mol. The summed E-state index contributed by atoms with van der Waals surface area (Å²) in [6.07, 6.45) is 0. The predicted molar refractivity (Wildman–Crippen MR) is 54.9 cm³/mol. The lowest BCUT2D eigenvalue weighted by molar-refractivity contribution is 0.574. The number of para-hydroxylation sites is 1. The van der Waals surface area contributed by atoms with E-state index in [1.165, 1.54) is 6.07 Å². The van der Waals surface area contributed by atoms with Crippen LogP contribution in [0.5, 0.6) is 0 Å². The van der Waals surface area contributed by atoms with E-state index in [4.69, 9.17) is 0 Å². The number of nitrogens with zero attached hydrogens (tertiary/aromatic N) is 5. The summed E-state index contributed by atoms with van der Waals surface area (Å²) < 4.78 is 25.0. The Kier molecular flexibility index (Phi) is 1.62. The van der Waals surface area contributed by atoms with E-state index in [0.717, 1.165) is 4.09 Å². The minimum absolute atomic E-state index is 0.193. The van der Waals surface area contributed by atoms with Crippen molar-refractivity contribution in [1.29, 1.82) is 0 Å². The number of anilines is 2. The predicted octanol–water partition coefficient (Wildman–Crippen LogP) is -0.00860. The summed E-state index contributed by atoms with van der Waals surface area (Å²) in [6, 6.07) is 6.68. The fourth-order valence-corrected chi connectivity index (χ4v) is 3.09. The maximum Gasteiger partial charge on any atom is 0.289 e. The molecule has 1 aliphatic heterocycles. The van der Waals surface area contributed by atoms with Crippen LogP contribution in [0.3, 0.4) is 0 Å². The molecule has 0 saturated carbocycles. The standard InChI is InChI=1S/C8H7N5O2S/c1-12-6-4-2-3-5-7(6)16(14,15)13-8(12)9-10-11-13/h2-5H,1H3. The summed E-state index contributed by atoms with van der Waals surface area (Å²) in [5.41, 5.74) is 0.574. The Hall–Kier alpha value is -1.96. The van der Waals surface area contributed by atoms with Gasteiger partial charge in [-0.2, -0.15) is 8.42 Å². The van der Waals surface area contributed by atoms with Crippen LogP contribution < -0.4 is 4.90 Å². The molecule has 82 valence electrons. The Morgan fingerprint density at radius 1 is 1.25 bits per heavy atom. The van der Waals surface area contributed by atoms with Crippen molar-refractivity contribution < 1.29 is 8.42 Å². The zero-order chi connectivity index (χ0) is 11.3. The Morgan fingerprint density at radius 2 is 2.00 bits per heavy atom. The van der Waals surface area contributed by atoms with Gasteiger partial charge in [-0.05, 0) is 22.6 Å². The lowest BCUT2D eigenvalue weighted by Crippen LogP contribution is -2.28.